The van der Waals surface area contributed by atoms with E-state index in [-0.39, 0.29) is 17.4 Å². The molecule has 0 radical (unpaired) electrons. The molecule has 0 fully saturated rings. The lowest BCUT2D eigenvalue weighted by Gasteiger charge is -2.12. The van der Waals surface area contributed by atoms with Crippen LogP contribution in [0.1, 0.15) is 39.3 Å². The van der Waals surface area contributed by atoms with Gasteiger partial charge in [-0.1, -0.05) is 53.6 Å². The quantitative estimate of drug-likeness (QED) is 0.406. The van der Waals surface area contributed by atoms with Gasteiger partial charge in [-0.15, -0.1) is 10.2 Å². The average molecular weight is 496 g/mol. The highest BCUT2D eigenvalue weighted by molar-refractivity contribution is 7.15. The Balaban J connectivity index is 1.71. The smallest absolute Gasteiger partial charge is 0.282 e. The van der Waals surface area contributed by atoms with Crippen molar-refractivity contribution in [3.8, 4) is 11.5 Å². The lowest BCUT2D eigenvalue weighted by atomic mass is 10.2. The fraction of sp³-hybridized carbons (Fsp3) is 0.227. The van der Waals surface area contributed by atoms with E-state index in [9.17, 15) is 9.18 Å². The number of methoxy groups -OCH3 is 1. The monoisotopic (exact) mass is 495 g/mol. The van der Waals surface area contributed by atoms with Crippen LogP contribution in [0.2, 0.25) is 5.02 Å². The van der Waals surface area contributed by atoms with Gasteiger partial charge < -0.3 is 14.8 Å². The SMILES string of the molecule is CCCOc1c(Cl)cc(/C=C(\Cl)c2nnc(C(=O)NCc3ccc(F)cc3)s2)cc1OC. The minimum Gasteiger partial charge on any atom is -0.493 e. The van der Waals surface area contributed by atoms with Crippen molar-refractivity contribution in [3.63, 3.8) is 0 Å². The fourth-order valence-corrected chi connectivity index (χ4v) is 3.87. The molecule has 1 N–H and O–H groups in total. The minimum atomic E-state index is -0.398. The van der Waals surface area contributed by atoms with Gasteiger partial charge in [-0.3, -0.25) is 4.79 Å². The Labute approximate surface area is 199 Å². The highest BCUT2D eigenvalue weighted by atomic mass is 35.5. The summed E-state index contributed by atoms with van der Waals surface area (Å²) in [7, 11) is 1.53. The summed E-state index contributed by atoms with van der Waals surface area (Å²) in [6.07, 6.45) is 2.49. The Bertz CT molecular complexity index is 1120. The number of nitrogens with zero attached hydrogens (tertiary/aromatic N) is 2. The van der Waals surface area contributed by atoms with Crippen molar-refractivity contribution in [1.29, 1.82) is 0 Å². The highest BCUT2D eigenvalue weighted by Crippen LogP contribution is 2.38. The maximum absolute atomic E-state index is 13.0. The Hall–Kier alpha value is -2.68. The van der Waals surface area contributed by atoms with Crippen LogP contribution in [0.25, 0.3) is 11.1 Å². The molecular formula is C22H20Cl2FN3O3S. The molecule has 0 atom stereocenters. The van der Waals surface area contributed by atoms with Gasteiger partial charge in [0, 0.05) is 6.54 Å². The minimum absolute atomic E-state index is 0.160. The van der Waals surface area contributed by atoms with Crippen molar-refractivity contribution >= 4 is 51.6 Å². The summed E-state index contributed by atoms with van der Waals surface area (Å²) in [6.45, 7) is 2.75. The second-order valence-corrected chi connectivity index (χ2v) is 8.39. The maximum atomic E-state index is 13.0. The summed E-state index contributed by atoms with van der Waals surface area (Å²) in [4.78, 5) is 12.3. The number of hydrogen-bond acceptors (Lipinski definition) is 6. The van der Waals surface area contributed by atoms with Crippen LogP contribution in [0.4, 0.5) is 4.39 Å². The first kappa shape index (κ1) is 24.0. The normalized spacial score (nSPS) is 11.3. The Morgan fingerprint density at radius 3 is 2.62 bits per heavy atom. The molecule has 2 aromatic carbocycles. The van der Waals surface area contributed by atoms with E-state index in [4.69, 9.17) is 32.7 Å². The van der Waals surface area contributed by atoms with Crippen LogP contribution in [-0.4, -0.2) is 29.8 Å². The van der Waals surface area contributed by atoms with Gasteiger partial charge in [0.25, 0.3) is 5.91 Å². The Morgan fingerprint density at radius 2 is 1.94 bits per heavy atom. The van der Waals surface area contributed by atoms with E-state index < -0.39 is 5.91 Å². The molecule has 0 aliphatic heterocycles. The van der Waals surface area contributed by atoms with Crippen molar-refractivity contribution in [2.45, 2.75) is 19.9 Å². The second kappa shape index (κ2) is 11.3. The largest absolute Gasteiger partial charge is 0.493 e. The van der Waals surface area contributed by atoms with Crippen LogP contribution in [0.15, 0.2) is 36.4 Å². The molecular weight excluding hydrogens is 476 g/mol. The standard InChI is InChI=1S/C22H20Cl2FN3O3S/c1-3-8-31-19-16(23)9-14(11-18(19)30-2)10-17(24)21-27-28-22(32-21)20(29)26-12-13-4-6-15(25)7-5-13/h4-7,9-11H,3,8,12H2,1-2H3,(H,26,29)/b17-10-. The van der Waals surface area contributed by atoms with Gasteiger partial charge in [0.15, 0.2) is 16.5 Å². The molecule has 0 aliphatic carbocycles. The predicted molar refractivity (Wildman–Crippen MR) is 125 cm³/mol. The van der Waals surface area contributed by atoms with E-state index >= 15 is 0 Å². The molecule has 0 unspecified atom stereocenters. The molecule has 168 valence electrons. The molecule has 6 nitrogen and oxygen atoms in total. The van der Waals surface area contributed by atoms with Gasteiger partial charge in [-0.05, 0) is 47.9 Å². The number of carbonyl (C=O) groups is 1. The molecule has 1 amide bonds. The lowest BCUT2D eigenvalue weighted by Crippen LogP contribution is -2.22. The summed E-state index contributed by atoms with van der Waals surface area (Å²) >= 11 is 13.8. The van der Waals surface area contributed by atoms with Crippen LogP contribution in [0, 0.1) is 5.82 Å². The summed E-state index contributed by atoms with van der Waals surface area (Å²) in [5, 5.41) is 11.8. The number of amides is 1. The first-order chi connectivity index (χ1) is 15.4. The fourth-order valence-electron chi connectivity index (χ4n) is 2.65. The number of rotatable bonds is 9. The average Bonchev–Trinajstić information content (AvgIpc) is 3.28. The molecule has 10 heteroatoms. The van der Waals surface area contributed by atoms with E-state index in [0.29, 0.717) is 38.7 Å². The van der Waals surface area contributed by atoms with Crippen molar-refractivity contribution in [3.05, 3.63) is 68.4 Å². The number of benzene rings is 2. The zero-order valence-electron chi connectivity index (χ0n) is 17.3. The molecule has 0 saturated heterocycles. The molecule has 32 heavy (non-hydrogen) atoms. The maximum Gasteiger partial charge on any atom is 0.282 e. The first-order valence-electron chi connectivity index (χ1n) is 9.65. The molecule has 3 rings (SSSR count). The highest BCUT2D eigenvalue weighted by Gasteiger charge is 2.16. The number of carbonyl (C=O) groups excluding carboxylic acids is 1. The Morgan fingerprint density at radius 1 is 1.22 bits per heavy atom. The van der Waals surface area contributed by atoms with Crippen molar-refractivity contribution < 1.29 is 18.7 Å². The van der Waals surface area contributed by atoms with E-state index in [0.717, 1.165) is 23.3 Å². The summed E-state index contributed by atoms with van der Waals surface area (Å²) in [5.41, 5.74) is 1.44. The van der Waals surface area contributed by atoms with Gasteiger partial charge in [0.1, 0.15) is 5.82 Å². The van der Waals surface area contributed by atoms with Crippen LogP contribution >= 0.6 is 34.5 Å². The van der Waals surface area contributed by atoms with Crippen molar-refractivity contribution in [1.82, 2.24) is 15.5 Å². The first-order valence-corrected chi connectivity index (χ1v) is 11.2. The summed E-state index contributed by atoms with van der Waals surface area (Å²) in [5.74, 6) is 0.224. The third-order valence-electron chi connectivity index (χ3n) is 4.19. The second-order valence-electron chi connectivity index (χ2n) is 6.60. The van der Waals surface area contributed by atoms with Gasteiger partial charge in [-0.25, -0.2) is 4.39 Å². The third-order valence-corrected chi connectivity index (χ3v) is 5.82. The molecule has 0 aliphatic rings. The van der Waals surface area contributed by atoms with Crippen LogP contribution < -0.4 is 14.8 Å². The molecule has 0 spiro atoms. The van der Waals surface area contributed by atoms with Gasteiger partial charge in [-0.2, -0.15) is 0 Å². The van der Waals surface area contributed by atoms with Crippen molar-refractivity contribution in [2.75, 3.05) is 13.7 Å². The van der Waals surface area contributed by atoms with Crippen LogP contribution in [0.5, 0.6) is 11.5 Å². The molecule has 0 bridgehead atoms. The predicted octanol–water partition coefficient (Wildman–Crippen LogP) is 5.79. The molecule has 3 aromatic rings. The third kappa shape index (κ3) is 6.18. The lowest BCUT2D eigenvalue weighted by molar-refractivity contribution is 0.0950. The molecule has 0 saturated carbocycles. The summed E-state index contributed by atoms with van der Waals surface area (Å²) < 4.78 is 24.0. The van der Waals surface area contributed by atoms with Crippen molar-refractivity contribution in [2.24, 2.45) is 0 Å². The zero-order valence-corrected chi connectivity index (χ0v) is 19.7. The van der Waals surface area contributed by atoms with E-state index in [1.807, 2.05) is 6.92 Å². The number of halogens is 3. The van der Waals surface area contributed by atoms with Gasteiger partial charge >= 0.3 is 0 Å². The molecule has 1 heterocycles. The number of ether oxygens (including phenoxy) is 2. The number of hydrogen-bond donors (Lipinski definition) is 1. The zero-order chi connectivity index (χ0) is 23.1. The van der Waals surface area contributed by atoms with E-state index in [2.05, 4.69) is 15.5 Å². The Kier molecular flexibility index (Phi) is 8.44. The number of aromatic nitrogens is 2. The van der Waals surface area contributed by atoms with E-state index in [1.54, 1.807) is 30.3 Å². The topological polar surface area (TPSA) is 73.3 Å². The van der Waals surface area contributed by atoms with Gasteiger partial charge in [0.05, 0.1) is 23.8 Å². The van der Waals surface area contributed by atoms with E-state index in [1.165, 1.54) is 19.2 Å². The van der Waals surface area contributed by atoms with Crippen LogP contribution in [0.3, 0.4) is 0 Å². The number of nitrogens with one attached hydrogen (secondary N) is 1. The van der Waals surface area contributed by atoms with Crippen LogP contribution in [-0.2, 0) is 6.54 Å². The van der Waals surface area contributed by atoms with Gasteiger partial charge in [0.2, 0.25) is 5.01 Å². The molecule has 1 aromatic heterocycles. The summed E-state index contributed by atoms with van der Waals surface area (Å²) in [6, 6.07) is 9.31.